The minimum absolute atomic E-state index is 0.0638. The molecule has 18 heteroatoms. The zero-order valence-corrected chi connectivity index (χ0v) is 49.1. The number of amides is 4. The molecule has 4 amide bonds. The molecule has 2 fully saturated rings. The summed E-state index contributed by atoms with van der Waals surface area (Å²) in [5, 5.41) is 0. The fourth-order valence-corrected chi connectivity index (χ4v) is 7.57. The third kappa shape index (κ3) is 16.7. The second-order valence-corrected chi connectivity index (χ2v) is 25.4. The van der Waals surface area contributed by atoms with E-state index in [9.17, 15) is 24.0 Å². The third-order valence-corrected chi connectivity index (χ3v) is 13.0. The van der Waals surface area contributed by atoms with Gasteiger partial charge in [0.25, 0.3) is 0 Å². The van der Waals surface area contributed by atoms with Crippen molar-refractivity contribution in [3.63, 3.8) is 0 Å². The number of carbonyl (C=O) groups is 5. The van der Waals surface area contributed by atoms with Crippen molar-refractivity contribution in [2.45, 2.75) is 243 Å². The number of hydrogen-bond donors (Lipinski definition) is 0. The molecule has 0 radical (unpaired) electrons. The smallest absolute Gasteiger partial charge is 0.467 e. The molecule has 0 saturated carbocycles. The van der Waals surface area contributed by atoms with E-state index in [-0.39, 0.29) is 6.42 Å². The SMILES string of the molecule is COC(=O)C(Cc1cc(C)c(C)cc1B1OC(C)(C)C(C)(C)O1)N(C(=O)OC(C)(C)C)C(=O)OC(C)(C)C.Cc1cc(CC(C)N(C(=O)OC(C)(C)C)C(=O)OC(C)(C)C)c(B2OC(C)(C)C(C)(C)O2)cc1C. The number of esters is 1. The highest BCUT2D eigenvalue weighted by Crippen LogP contribution is 2.38. The lowest BCUT2D eigenvalue weighted by Crippen LogP contribution is -2.53. The van der Waals surface area contributed by atoms with Gasteiger partial charge in [0.1, 0.15) is 28.4 Å². The summed E-state index contributed by atoms with van der Waals surface area (Å²) in [4.78, 5) is 67.8. The van der Waals surface area contributed by atoms with Crippen molar-refractivity contribution >= 4 is 55.5 Å². The summed E-state index contributed by atoms with van der Waals surface area (Å²) in [6.45, 7) is 46.3. The average molecular weight is 1020 g/mol. The average Bonchev–Trinajstić information content (AvgIpc) is 3.52. The standard InChI is InChI=1S/C28H44BNO8.C27H44BNO6/c1-17-14-19(20(15-18(17)2)29-37-27(9,10)28(11,12)38-29)16-21(22(31)34-13)30(23(32)35-25(3,4)5)24(33)36-26(6,7)8;1-17-14-20(21(15-18(17)2)28-34-26(10,11)27(12,13)35-28)16-19(3)29(22(30)32-24(4,5)6)23(31)33-25(7,8)9/h14-15,21H,16H2,1-13H3;14-15,19H,16H2,1-13H3. The molecule has 2 heterocycles. The van der Waals surface area contributed by atoms with Crippen LogP contribution < -0.4 is 10.9 Å². The molecule has 0 spiro atoms. The van der Waals surface area contributed by atoms with Gasteiger partial charge in [-0.1, -0.05) is 24.3 Å². The maximum Gasteiger partial charge on any atom is 0.495 e. The first-order valence-electron chi connectivity index (χ1n) is 25.2. The predicted octanol–water partition coefficient (Wildman–Crippen LogP) is 10.6. The number of ether oxygens (including phenoxy) is 5. The van der Waals surface area contributed by atoms with Gasteiger partial charge in [0.15, 0.2) is 0 Å². The summed E-state index contributed by atoms with van der Waals surface area (Å²) in [5.41, 5.74) is 1.87. The first-order chi connectivity index (χ1) is 32.7. The van der Waals surface area contributed by atoms with Gasteiger partial charge in [-0.3, -0.25) is 0 Å². The molecule has 0 N–H and O–H groups in total. The summed E-state index contributed by atoms with van der Waals surface area (Å²) in [6.07, 6.45) is -3.17. The Labute approximate surface area is 437 Å². The Morgan fingerprint density at radius 3 is 1.01 bits per heavy atom. The molecular weight excluding hydrogens is 934 g/mol. The van der Waals surface area contributed by atoms with E-state index in [1.807, 2.05) is 102 Å². The normalized spacial score (nSPS) is 17.9. The van der Waals surface area contributed by atoms with Gasteiger partial charge < -0.3 is 42.3 Å². The van der Waals surface area contributed by atoms with Crippen molar-refractivity contribution in [3.05, 3.63) is 57.6 Å². The quantitative estimate of drug-likeness (QED) is 0.132. The second kappa shape index (κ2) is 22.3. The van der Waals surface area contributed by atoms with Crippen LogP contribution in [-0.4, -0.2) is 118 Å². The number of benzene rings is 2. The van der Waals surface area contributed by atoms with E-state index in [1.54, 1.807) is 83.1 Å². The first-order valence-corrected chi connectivity index (χ1v) is 25.2. The van der Waals surface area contributed by atoms with E-state index >= 15 is 0 Å². The number of aryl methyl sites for hydroxylation is 4. The lowest BCUT2D eigenvalue weighted by Gasteiger charge is -2.32. The van der Waals surface area contributed by atoms with Crippen molar-refractivity contribution in [2.24, 2.45) is 0 Å². The van der Waals surface area contributed by atoms with Gasteiger partial charge in [0.05, 0.1) is 29.5 Å². The lowest BCUT2D eigenvalue weighted by molar-refractivity contribution is -0.146. The van der Waals surface area contributed by atoms with Gasteiger partial charge in [0, 0.05) is 12.5 Å². The van der Waals surface area contributed by atoms with Gasteiger partial charge in [-0.15, -0.1) is 0 Å². The van der Waals surface area contributed by atoms with Gasteiger partial charge >= 0.3 is 44.6 Å². The fourth-order valence-electron chi connectivity index (χ4n) is 7.57. The highest BCUT2D eigenvalue weighted by Gasteiger charge is 2.54. The Kier molecular flexibility index (Phi) is 19.1. The van der Waals surface area contributed by atoms with Crippen LogP contribution in [0.2, 0.25) is 0 Å². The molecule has 16 nitrogen and oxygen atoms in total. The summed E-state index contributed by atoms with van der Waals surface area (Å²) in [6, 6.07) is 6.11. The van der Waals surface area contributed by atoms with Crippen LogP contribution >= 0.6 is 0 Å². The van der Waals surface area contributed by atoms with Crippen molar-refractivity contribution in [1.82, 2.24) is 9.80 Å². The molecule has 2 aromatic carbocycles. The molecule has 0 aromatic heterocycles. The molecule has 0 aliphatic carbocycles. The third-order valence-electron chi connectivity index (χ3n) is 13.0. The van der Waals surface area contributed by atoms with Gasteiger partial charge in [0.2, 0.25) is 0 Å². The summed E-state index contributed by atoms with van der Waals surface area (Å²) in [7, 11) is -0.0742. The van der Waals surface area contributed by atoms with Crippen LogP contribution in [0.4, 0.5) is 19.2 Å². The number of imide groups is 2. The number of methoxy groups -OCH3 is 1. The highest BCUT2D eigenvalue weighted by molar-refractivity contribution is 6.63. The zero-order valence-electron chi connectivity index (χ0n) is 49.1. The van der Waals surface area contributed by atoms with E-state index in [4.69, 9.17) is 42.3 Å². The van der Waals surface area contributed by atoms with Crippen LogP contribution in [0.1, 0.15) is 179 Å². The molecule has 0 bridgehead atoms. The Morgan fingerprint density at radius 2 is 0.740 bits per heavy atom. The monoisotopic (exact) mass is 1020 g/mol. The summed E-state index contributed by atoms with van der Waals surface area (Å²) >= 11 is 0. The van der Waals surface area contributed by atoms with E-state index in [0.29, 0.717) is 22.3 Å². The largest absolute Gasteiger partial charge is 0.495 e. The van der Waals surface area contributed by atoms with Gasteiger partial charge in [-0.25, -0.2) is 28.9 Å². The Hall–Kier alpha value is -4.64. The van der Waals surface area contributed by atoms with Crippen molar-refractivity contribution in [1.29, 1.82) is 0 Å². The first kappa shape index (κ1) is 62.7. The number of nitrogens with zero attached hydrogens (tertiary/aromatic N) is 2. The van der Waals surface area contributed by atoms with E-state index in [0.717, 1.165) is 38.2 Å². The fraction of sp³-hybridized carbons (Fsp3) is 0.691. The van der Waals surface area contributed by atoms with E-state index < -0.39 is 101 Å². The van der Waals surface area contributed by atoms with Gasteiger partial charge in [-0.2, -0.15) is 4.90 Å². The molecule has 2 saturated heterocycles. The molecule has 2 aromatic rings. The number of rotatable bonds is 9. The number of carbonyl (C=O) groups excluding carboxylic acids is 5. The molecule has 2 unspecified atom stereocenters. The minimum atomic E-state index is -1.37. The van der Waals surface area contributed by atoms with Crippen LogP contribution in [0.5, 0.6) is 0 Å². The topological polar surface area (TPSA) is 175 Å². The highest BCUT2D eigenvalue weighted by atomic mass is 16.7. The second-order valence-electron chi connectivity index (χ2n) is 25.4. The van der Waals surface area contributed by atoms with Crippen LogP contribution in [0.15, 0.2) is 24.3 Å². The predicted molar refractivity (Wildman–Crippen MR) is 285 cm³/mol. The van der Waals surface area contributed by atoms with Crippen LogP contribution in [0.25, 0.3) is 0 Å². The van der Waals surface area contributed by atoms with Crippen LogP contribution in [0, 0.1) is 27.7 Å². The Balaban J connectivity index is 0.000000387. The Morgan fingerprint density at radius 1 is 0.479 bits per heavy atom. The maximum absolute atomic E-state index is 13.3. The lowest BCUT2D eigenvalue weighted by atomic mass is 9.73. The molecular formula is C55H88B2N2O14. The van der Waals surface area contributed by atoms with E-state index in [1.165, 1.54) is 7.11 Å². The van der Waals surface area contributed by atoms with Crippen LogP contribution in [0.3, 0.4) is 0 Å². The molecule has 4 rings (SSSR count). The molecule has 2 aliphatic heterocycles. The van der Waals surface area contributed by atoms with Crippen molar-refractivity contribution in [2.75, 3.05) is 7.11 Å². The van der Waals surface area contributed by atoms with Crippen molar-refractivity contribution < 1.29 is 66.3 Å². The zero-order chi connectivity index (χ0) is 56.6. The summed E-state index contributed by atoms with van der Waals surface area (Å²) in [5.74, 6) is -0.792. The molecule has 408 valence electrons. The van der Waals surface area contributed by atoms with Crippen LogP contribution in [-0.2, 0) is 59.9 Å². The maximum atomic E-state index is 13.3. The molecule has 2 aliphatic rings. The molecule has 2 atom stereocenters. The number of hydrogen-bond acceptors (Lipinski definition) is 14. The molecule has 73 heavy (non-hydrogen) atoms. The minimum Gasteiger partial charge on any atom is -0.467 e. The Bertz CT molecular complexity index is 2260. The van der Waals surface area contributed by atoms with Gasteiger partial charge in [-0.05, 0) is 224 Å². The van der Waals surface area contributed by atoms with E-state index in [2.05, 4.69) is 12.1 Å². The van der Waals surface area contributed by atoms with Crippen molar-refractivity contribution in [3.8, 4) is 0 Å². The summed E-state index contributed by atoms with van der Waals surface area (Å²) < 4.78 is 52.5.